The number of ether oxygens (including phenoxy) is 2. The lowest BCUT2D eigenvalue weighted by molar-refractivity contribution is 0.0948. The number of carbonyl (C=O) groups is 1. The third kappa shape index (κ3) is 5.05. The van der Waals surface area contributed by atoms with E-state index in [2.05, 4.69) is 10.4 Å². The van der Waals surface area contributed by atoms with E-state index in [-0.39, 0.29) is 23.2 Å². The van der Waals surface area contributed by atoms with Gasteiger partial charge in [0.2, 0.25) is 0 Å². The minimum atomic E-state index is -0.304. The average molecular weight is 424 g/mol. The minimum Gasteiger partial charge on any atom is -0.490 e. The molecule has 0 spiro atoms. The summed E-state index contributed by atoms with van der Waals surface area (Å²) in [7, 11) is 0. The third-order valence-corrected chi connectivity index (χ3v) is 4.84. The van der Waals surface area contributed by atoms with Crippen LogP contribution in [0.4, 0.5) is 0 Å². The van der Waals surface area contributed by atoms with Gasteiger partial charge in [-0.15, -0.1) is 0 Å². The Kier molecular flexibility index (Phi) is 7.28. The normalized spacial score (nSPS) is 11.0. The van der Waals surface area contributed by atoms with Gasteiger partial charge in [-0.3, -0.25) is 9.59 Å². The number of fused-ring (bicyclic) bond motifs is 1. The molecule has 0 unspecified atom stereocenters. The summed E-state index contributed by atoms with van der Waals surface area (Å²) in [6.07, 6.45) is 0.625. The number of carbonyl (C=O) groups excluding carboxylic acids is 1. The van der Waals surface area contributed by atoms with E-state index >= 15 is 0 Å². The molecule has 0 aliphatic carbocycles. The van der Waals surface area contributed by atoms with E-state index in [9.17, 15) is 9.59 Å². The molecule has 1 heterocycles. The molecule has 31 heavy (non-hydrogen) atoms. The van der Waals surface area contributed by atoms with Crippen LogP contribution in [0, 0.1) is 0 Å². The van der Waals surface area contributed by atoms with E-state index in [4.69, 9.17) is 9.47 Å². The van der Waals surface area contributed by atoms with E-state index in [1.165, 1.54) is 4.68 Å². The Labute approximate surface area is 182 Å². The molecular weight excluding hydrogens is 394 g/mol. The van der Waals surface area contributed by atoms with Crippen LogP contribution in [0.3, 0.4) is 0 Å². The second-order valence-electron chi connectivity index (χ2n) is 7.39. The molecule has 0 saturated heterocycles. The zero-order valence-corrected chi connectivity index (χ0v) is 18.5. The van der Waals surface area contributed by atoms with Crippen LogP contribution in [0.2, 0.25) is 0 Å². The molecule has 7 heteroatoms. The smallest absolute Gasteiger partial charge is 0.274 e. The average Bonchev–Trinajstić information content (AvgIpc) is 2.76. The zero-order chi connectivity index (χ0) is 22.4. The summed E-state index contributed by atoms with van der Waals surface area (Å²) >= 11 is 0. The highest BCUT2D eigenvalue weighted by Gasteiger charge is 2.17. The van der Waals surface area contributed by atoms with Gasteiger partial charge < -0.3 is 14.8 Å². The molecule has 1 amide bonds. The molecule has 3 aromatic rings. The Morgan fingerprint density at radius 3 is 2.39 bits per heavy atom. The maximum absolute atomic E-state index is 12.9. The molecule has 0 bridgehead atoms. The topological polar surface area (TPSA) is 82.5 Å². The number of rotatable bonds is 9. The van der Waals surface area contributed by atoms with Crippen molar-refractivity contribution in [3.63, 3.8) is 0 Å². The quantitative estimate of drug-likeness (QED) is 0.567. The first-order valence-corrected chi connectivity index (χ1v) is 10.6. The minimum absolute atomic E-state index is 0.149. The number of hydrogen-bond acceptors (Lipinski definition) is 5. The van der Waals surface area contributed by atoms with Gasteiger partial charge in [0.1, 0.15) is 0 Å². The first-order valence-electron chi connectivity index (χ1n) is 10.6. The summed E-state index contributed by atoms with van der Waals surface area (Å²) in [5.74, 6) is 1.11. The lowest BCUT2D eigenvalue weighted by Crippen LogP contribution is -2.32. The first kappa shape index (κ1) is 22.3. The zero-order valence-electron chi connectivity index (χ0n) is 18.5. The van der Waals surface area contributed by atoms with E-state index in [0.717, 1.165) is 5.56 Å². The molecule has 3 rings (SSSR count). The Hall–Kier alpha value is -3.35. The van der Waals surface area contributed by atoms with E-state index < -0.39 is 0 Å². The number of benzene rings is 2. The molecule has 2 aromatic carbocycles. The lowest BCUT2D eigenvalue weighted by Gasteiger charge is -2.14. The highest BCUT2D eigenvalue weighted by molar-refractivity contribution is 6.04. The van der Waals surface area contributed by atoms with Gasteiger partial charge in [0.15, 0.2) is 17.2 Å². The molecule has 0 aliphatic heterocycles. The van der Waals surface area contributed by atoms with Gasteiger partial charge in [-0.1, -0.05) is 24.3 Å². The van der Waals surface area contributed by atoms with Crippen molar-refractivity contribution in [1.29, 1.82) is 0 Å². The highest BCUT2D eigenvalue weighted by Crippen LogP contribution is 2.28. The number of amides is 1. The number of nitrogens with zero attached hydrogens (tertiary/aromatic N) is 2. The van der Waals surface area contributed by atoms with Crippen molar-refractivity contribution in [2.45, 2.75) is 40.2 Å². The molecule has 0 saturated carbocycles. The Morgan fingerprint density at radius 1 is 1.03 bits per heavy atom. The van der Waals surface area contributed by atoms with Gasteiger partial charge in [-0.25, -0.2) is 4.68 Å². The number of nitrogens with one attached hydrogen (secondary N) is 1. The van der Waals surface area contributed by atoms with Crippen molar-refractivity contribution in [2.24, 2.45) is 0 Å². The van der Waals surface area contributed by atoms with E-state index in [1.54, 1.807) is 24.3 Å². The summed E-state index contributed by atoms with van der Waals surface area (Å²) in [6.45, 7) is 9.13. The predicted molar refractivity (Wildman–Crippen MR) is 121 cm³/mol. The molecule has 1 N–H and O–H groups in total. The molecule has 164 valence electrons. The second kappa shape index (κ2) is 10.1. The summed E-state index contributed by atoms with van der Waals surface area (Å²) in [5.41, 5.74) is 1.09. The first-order chi connectivity index (χ1) is 15.0. The Morgan fingerprint density at radius 2 is 1.71 bits per heavy atom. The van der Waals surface area contributed by atoms with Crippen LogP contribution < -0.4 is 20.3 Å². The molecule has 0 radical (unpaired) electrons. The van der Waals surface area contributed by atoms with Crippen LogP contribution in [0.5, 0.6) is 11.5 Å². The largest absolute Gasteiger partial charge is 0.490 e. The fourth-order valence-corrected chi connectivity index (χ4v) is 3.38. The van der Waals surface area contributed by atoms with Crippen LogP contribution in [0.15, 0.2) is 47.3 Å². The fraction of sp³-hybridized carbons (Fsp3) is 0.375. The summed E-state index contributed by atoms with van der Waals surface area (Å²) in [6, 6.07) is 12.7. The molecule has 0 atom stereocenters. The predicted octanol–water partition coefficient (Wildman–Crippen LogP) is 3.75. The standard InChI is InChI=1S/C24H29N3O4/c1-5-30-20-12-11-17(15-21(20)31-6-2)13-14-25-23(28)22-18-9-7-8-10-19(18)24(29)27(26-22)16(3)4/h7-12,15-16H,5-6,13-14H2,1-4H3,(H,25,28). The van der Waals surface area contributed by atoms with Crippen LogP contribution >= 0.6 is 0 Å². The Bertz CT molecular complexity index is 1120. The summed E-state index contributed by atoms with van der Waals surface area (Å²) < 4.78 is 12.6. The van der Waals surface area contributed by atoms with Crippen molar-refractivity contribution in [2.75, 3.05) is 19.8 Å². The van der Waals surface area contributed by atoms with Crippen LogP contribution in [-0.2, 0) is 6.42 Å². The maximum atomic E-state index is 12.9. The second-order valence-corrected chi connectivity index (χ2v) is 7.39. The van der Waals surface area contributed by atoms with Gasteiger partial charge in [0, 0.05) is 11.9 Å². The highest BCUT2D eigenvalue weighted by atomic mass is 16.5. The van der Waals surface area contributed by atoms with E-state index in [1.807, 2.05) is 45.9 Å². The van der Waals surface area contributed by atoms with Gasteiger partial charge in [-0.05, 0) is 57.9 Å². The summed E-state index contributed by atoms with van der Waals surface area (Å²) in [4.78, 5) is 25.6. The van der Waals surface area contributed by atoms with Crippen LogP contribution in [-0.4, -0.2) is 35.4 Å². The number of aromatic nitrogens is 2. The molecule has 7 nitrogen and oxygen atoms in total. The van der Waals surface area contributed by atoms with Crippen molar-refractivity contribution in [3.05, 3.63) is 64.1 Å². The SMILES string of the molecule is CCOc1ccc(CCNC(=O)c2nn(C(C)C)c(=O)c3ccccc23)cc1OCC. The van der Waals surface area contributed by atoms with Crippen LogP contribution in [0.25, 0.3) is 10.8 Å². The van der Waals surface area contributed by atoms with E-state index in [0.29, 0.717) is 48.5 Å². The van der Waals surface area contributed by atoms with Gasteiger partial charge in [0.25, 0.3) is 11.5 Å². The van der Waals surface area contributed by atoms with Gasteiger partial charge in [-0.2, -0.15) is 5.10 Å². The van der Waals surface area contributed by atoms with Crippen molar-refractivity contribution < 1.29 is 14.3 Å². The van der Waals surface area contributed by atoms with Crippen molar-refractivity contribution >= 4 is 16.7 Å². The van der Waals surface area contributed by atoms with Gasteiger partial charge >= 0.3 is 0 Å². The summed E-state index contributed by atoms with van der Waals surface area (Å²) in [5, 5.41) is 8.33. The van der Waals surface area contributed by atoms with Crippen LogP contribution in [0.1, 0.15) is 49.8 Å². The molecule has 0 aliphatic rings. The molecule has 0 fully saturated rings. The fourth-order valence-electron chi connectivity index (χ4n) is 3.38. The monoisotopic (exact) mass is 423 g/mol. The maximum Gasteiger partial charge on any atom is 0.274 e. The van der Waals surface area contributed by atoms with Crippen molar-refractivity contribution in [1.82, 2.24) is 15.1 Å². The Balaban J connectivity index is 1.77. The number of hydrogen-bond donors (Lipinski definition) is 1. The molecule has 1 aromatic heterocycles. The van der Waals surface area contributed by atoms with Gasteiger partial charge in [0.05, 0.1) is 24.6 Å². The third-order valence-electron chi connectivity index (χ3n) is 4.84. The molecular formula is C24H29N3O4. The lowest BCUT2D eigenvalue weighted by atomic mass is 10.1. The van der Waals surface area contributed by atoms with Crippen molar-refractivity contribution in [3.8, 4) is 11.5 Å².